The standard InChI is InChI=1S/C17H22N2O6/c1-3-24-14(20)8-7-13(17(23)25-4-2)19-15(21)11-6-5-10(18)9-12(11)16(19)22/h5-6,9,13,15,21H,3-4,7-8,18H2,1-2H3/t13-,15?/m0/s1. The number of nitrogens with two attached hydrogens (primary N) is 1. The minimum Gasteiger partial charge on any atom is -0.466 e. The van der Waals surface area contributed by atoms with Crippen LogP contribution in [0.1, 0.15) is 48.8 Å². The summed E-state index contributed by atoms with van der Waals surface area (Å²) in [4.78, 5) is 37.6. The number of nitrogen functional groups attached to an aromatic ring is 1. The van der Waals surface area contributed by atoms with Crippen molar-refractivity contribution in [2.75, 3.05) is 18.9 Å². The van der Waals surface area contributed by atoms with Crippen molar-refractivity contribution in [1.29, 1.82) is 0 Å². The van der Waals surface area contributed by atoms with E-state index >= 15 is 0 Å². The van der Waals surface area contributed by atoms with Crippen LogP contribution < -0.4 is 5.73 Å². The van der Waals surface area contributed by atoms with Gasteiger partial charge in [0, 0.05) is 23.2 Å². The summed E-state index contributed by atoms with van der Waals surface area (Å²) in [6, 6.07) is 3.46. The molecule has 0 saturated heterocycles. The molecule has 2 atom stereocenters. The molecule has 1 amide bonds. The van der Waals surface area contributed by atoms with Gasteiger partial charge in [0.15, 0.2) is 6.23 Å². The Morgan fingerprint density at radius 2 is 1.96 bits per heavy atom. The lowest BCUT2D eigenvalue weighted by molar-refractivity contribution is -0.153. The van der Waals surface area contributed by atoms with Crippen molar-refractivity contribution >= 4 is 23.5 Å². The molecule has 1 aliphatic heterocycles. The number of rotatable bonds is 7. The van der Waals surface area contributed by atoms with Gasteiger partial charge in [-0.1, -0.05) is 6.07 Å². The third kappa shape index (κ3) is 3.90. The Morgan fingerprint density at radius 3 is 2.60 bits per heavy atom. The molecule has 0 aromatic heterocycles. The van der Waals surface area contributed by atoms with Gasteiger partial charge < -0.3 is 20.3 Å². The predicted octanol–water partition coefficient (Wildman–Crippen LogP) is 0.990. The Kier molecular flexibility index (Phi) is 5.97. The molecule has 0 radical (unpaired) electrons. The molecule has 3 N–H and O–H groups in total. The summed E-state index contributed by atoms with van der Waals surface area (Å²) in [6.07, 6.45) is -1.39. The maximum atomic E-state index is 12.7. The molecule has 2 rings (SSSR count). The summed E-state index contributed by atoms with van der Waals surface area (Å²) in [7, 11) is 0. The van der Waals surface area contributed by atoms with E-state index in [4.69, 9.17) is 15.2 Å². The maximum absolute atomic E-state index is 12.7. The number of benzene rings is 1. The van der Waals surface area contributed by atoms with Gasteiger partial charge in [0.25, 0.3) is 5.91 Å². The first-order valence-corrected chi connectivity index (χ1v) is 8.13. The molecule has 0 bridgehead atoms. The molecule has 136 valence electrons. The van der Waals surface area contributed by atoms with Crippen molar-refractivity contribution in [3.8, 4) is 0 Å². The molecule has 0 saturated carbocycles. The van der Waals surface area contributed by atoms with E-state index < -0.39 is 30.1 Å². The van der Waals surface area contributed by atoms with Crippen LogP contribution in [0.25, 0.3) is 0 Å². The number of esters is 2. The van der Waals surface area contributed by atoms with Crippen LogP contribution in [0.15, 0.2) is 18.2 Å². The molecule has 25 heavy (non-hydrogen) atoms. The van der Waals surface area contributed by atoms with Crippen molar-refractivity contribution in [2.45, 2.75) is 39.0 Å². The Hall–Kier alpha value is -2.61. The van der Waals surface area contributed by atoms with Gasteiger partial charge in [-0.05, 0) is 32.4 Å². The van der Waals surface area contributed by atoms with E-state index in [9.17, 15) is 19.5 Å². The van der Waals surface area contributed by atoms with Crippen LogP contribution in [0, 0.1) is 0 Å². The highest BCUT2D eigenvalue weighted by molar-refractivity contribution is 6.01. The molecule has 1 aromatic carbocycles. The zero-order chi connectivity index (χ0) is 18.6. The number of hydrogen-bond acceptors (Lipinski definition) is 7. The zero-order valence-electron chi connectivity index (χ0n) is 14.2. The average Bonchev–Trinajstić information content (AvgIpc) is 2.80. The third-order valence-corrected chi connectivity index (χ3v) is 3.91. The summed E-state index contributed by atoms with van der Waals surface area (Å²) >= 11 is 0. The number of carbonyl (C=O) groups excluding carboxylic acids is 3. The van der Waals surface area contributed by atoms with E-state index in [0.717, 1.165) is 4.90 Å². The normalized spacial score (nSPS) is 17.2. The molecule has 8 nitrogen and oxygen atoms in total. The molecule has 1 aliphatic rings. The van der Waals surface area contributed by atoms with Crippen LogP contribution in [0.2, 0.25) is 0 Å². The minimum atomic E-state index is -1.31. The Morgan fingerprint density at radius 1 is 1.28 bits per heavy atom. The first-order chi connectivity index (χ1) is 11.9. The lowest BCUT2D eigenvalue weighted by Gasteiger charge is -2.29. The van der Waals surface area contributed by atoms with Crippen LogP contribution in [0.3, 0.4) is 0 Å². The van der Waals surface area contributed by atoms with Crippen LogP contribution >= 0.6 is 0 Å². The second kappa shape index (κ2) is 7.98. The lowest BCUT2D eigenvalue weighted by atomic mass is 10.1. The molecule has 8 heteroatoms. The Balaban J connectivity index is 2.26. The van der Waals surface area contributed by atoms with E-state index in [0.29, 0.717) is 11.3 Å². The second-order valence-electron chi connectivity index (χ2n) is 5.54. The van der Waals surface area contributed by atoms with Crippen molar-refractivity contribution < 1.29 is 29.0 Å². The quantitative estimate of drug-likeness (QED) is 0.556. The van der Waals surface area contributed by atoms with Gasteiger partial charge in [-0.15, -0.1) is 0 Å². The van der Waals surface area contributed by atoms with E-state index in [1.54, 1.807) is 26.0 Å². The maximum Gasteiger partial charge on any atom is 0.328 e. The SMILES string of the molecule is CCOC(=O)CC[C@@H](C(=O)OCC)N1C(=O)c2cc(N)ccc2C1O. The highest BCUT2D eigenvalue weighted by Crippen LogP contribution is 2.35. The highest BCUT2D eigenvalue weighted by atomic mass is 16.5. The van der Waals surface area contributed by atoms with E-state index in [-0.39, 0.29) is 31.6 Å². The van der Waals surface area contributed by atoms with Gasteiger partial charge in [-0.25, -0.2) is 4.79 Å². The monoisotopic (exact) mass is 350 g/mol. The lowest BCUT2D eigenvalue weighted by Crippen LogP contribution is -2.44. The number of aliphatic hydroxyl groups is 1. The van der Waals surface area contributed by atoms with Gasteiger partial charge in [0.05, 0.1) is 13.2 Å². The largest absolute Gasteiger partial charge is 0.466 e. The smallest absolute Gasteiger partial charge is 0.328 e. The minimum absolute atomic E-state index is 0.00998. The average molecular weight is 350 g/mol. The van der Waals surface area contributed by atoms with E-state index in [2.05, 4.69) is 0 Å². The van der Waals surface area contributed by atoms with Crippen LogP contribution in [-0.4, -0.2) is 47.1 Å². The second-order valence-corrected chi connectivity index (χ2v) is 5.54. The predicted molar refractivity (Wildman–Crippen MR) is 88.3 cm³/mol. The number of carbonyl (C=O) groups is 3. The number of anilines is 1. The molecular formula is C17H22N2O6. The summed E-state index contributed by atoms with van der Waals surface area (Å²) < 4.78 is 9.86. The molecule has 0 spiro atoms. The molecule has 0 aliphatic carbocycles. The summed E-state index contributed by atoms with van der Waals surface area (Å²) in [5, 5.41) is 10.5. The molecule has 0 fully saturated rings. The number of ether oxygens (including phenoxy) is 2. The van der Waals surface area contributed by atoms with Crippen LogP contribution in [0.5, 0.6) is 0 Å². The Bertz CT molecular complexity index is 675. The fourth-order valence-corrected chi connectivity index (χ4v) is 2.79. The first-order valence-electron chi connectivity index (χ1n) is 8.13. The number of amides is 1. The third-order valence-electron chi connectivity index (χ3n) is 3.91. The molecule has 1 unspecified atom stereocenters. The van der Waals surface area contributed by atoms with Gasteiger partial charge in [0.1, 0.15) is 6.04 Å². The van der Waals surface area contributed by atoms with Gasteiger partial charge >= 0.3 is 11.9 Å². The van der Waals surface area contributed by atoms with Crippen LogP contribution in [-0.2, 0) is 19.1 Å². The Labute approximate surface area is 145 Å². The summed E-state index contributed by atoms with van der Waals surface area (Å²) in [5.74, 6) is -1.70. The fourth-order valence-electron chi connectivity index (χ4n) is 2.79. The number of hydrogen-bond donors (Lipinski definition) is 2. The number of nitrogens with zero attached hydrogens (tertiary/aromatic N) is 1. The molecular weight excluding hydrogens is 328 g/mol. The van der Waals surface area contributed by atoms with Crippen molar-refractivity contribution in [3.05, 3.63) is 29.3 Å². The van der Waals surface area contributed by atoms with Crippen molar-refractivity contribution in [2.24, 2.45) is 0 Å². The van der Waals surface area contributed by atoms with Gasteiger partial charge in [0.2, 0.25) is 0 Å². The first kappa shape index (κ1) is 18.7. The highest BCUT2D eigenvalue weighted by Gasteiger charge is 2.43. The van der Waals surface area contributed by atoms with Gasteiger partial charge in [-0.3, -0.25) is 14.5 Å². The van der Waals surface area contributed by atoms with Gasteiger partial charge in [-0.2, -0.15) is 0 Å². The summed E-state index contributed by atoms with van der Waals surface area (Å²) in [5.41, 5.74) is 6.67. The van der Waals surface area contributed by atoms with Crippen molar-refractivity contribution in [1.82, 2.24) is 4.90 Å². The molecule has 1 heterocycles. The number of fused-ring (bicyclic) bond motifs is 1. The van der Waals surface area contributed by atoms with Crippen LogP contribution in [0.4, 0.5) is 5.69 Å². The van der Waals surface area contributed by atoms with Crippen molar-refractivity contribution in [3.63, 3.8) is 0 Å². The topological polar surface area (TPSA) is 119 Å². The van der Waals surface area contributed by atoms with E-state index in [1.165, 1.54) is 6.07 Å². The summed E-state index contributed by atoms with van der Waals surface area (Å²) in [6.45, 7) is 3.65. The molecule has 1 aromatic rings. The fraction of sp³-hybridized carbons (Fsp3) is 0.471. The number of aliphatic hydroxyl groups excluding tert-OH is 1. The zero-order valence-corrected chi connectivity index (χ0v) is 14.2. The van der Waals surface area contributed by atoms with E-state index in [1.807, 2.05) is 0 Å².